The summed E-state index contributed by atoms with van der Waals surface area (Å²) >= 11 is 3.31. The molecule has 5 heteroatoms. The van der Waals surface area contributed by atoms with E-state index in [2.05, 4.69) is 26.2 Å². The van der Waals surface area contributed by atoms with Crippen LogP contribution in [-0.2, 0) is 9.53 Å². The molecule has 0 aliphatic heterocycles. The summed E-state index contributed by atoms with van der Waals surface area (Å²) in [5.41, 5.74) is -0.815. The van der Waals surface area contributed by atoms with Gasteiger partial charge in [0, 0.05) is 17.8 Å². The predicted molar refractivity (Wildman–Crippen MR) is 66.3 cm³/mol. The Bertz CT molecular complexity index is 378. The number of pyridine rings is 1. The number of carbonyl (C=O) groups excluding carboxylic acids is 1. The van der Waals surface area contributed by atoms with Crippen LogP contribution in [0.15, 0.2) is 22.8 Å². The number of aromatic nitrogens is 1. The molecule has 0 aliphatic rings. The molecular formula is C11H15BrN2O2. The van der Waals surface area contributed by atoms with E-state index in [0.29, 0.717) is 12.2 Å². The fourth-order valence-corrected chi connectivity index (χ4v) is 1.45. The second-order valence-corrected chi connectivity index (χ2v) is 4.52. The minimum absolute atomic E-state index is 0.192. The molecule has 0 aromatic carbocycles. The Balaban J connectivity index is 2.78. The summed E-state index contributed by atoms with van der Waals surface area (Å²) in [7, 11) is 1.53. The molecule has 1 unspecified atom stereocenters. The van der Waals surface area contributed by atoms with Crippen LogP contribution in [0.5, 0.6) is 0 Å². The first-order valence-corrected chi connectivity index (χ1v) is 5.79. The summed E-state index contributed by atoms with van der Waals surface area (Å²) in [6.07, 6.45) is 2.22. The van der Waals surface area contributed by atoms with Crippen molar-refractivity contribution >= 4 is 27.7 Å². The molecule has 4 nitrogen and oxygen atoms in total. The van der Waals surface area contributed by atoms with Crippen LogP contribution in [-0.4, -0.2) is 23.6 Å². The number of anilines is 1. The van der Waals surface area contributed by atoms with Crippen LogP contribution in [0.25, 0.3) is 0 Å². The van der Waals surface area contributed by atoms with Crippen LogP contribution in [0.3, 0.4) is 0 Å². The van der Waals surface area contributed by atoms with Gasteiger partial charge in [-0.15, -0.1) is 0 Å². The Morgan fingerprint density at radius 1 is 1.69 bits per heavy atom. The molecule has 1 aromatic rings. The summed E-state index contributed by atoms with van der Waals surface area (Å²) in [5.74, 6) is 0.319. The first-order valence-electron chi connectivity index (χ1n) is 5.00. The normalized spacial score (nSPS) is 14.2. The molecule has 1 heterocycles. The van der Waals surface area contributed by atoms with Crippen molar-refractivity contribution in [3.63, 3.8) is 0 Å². The molecule has 1 atom stereocenters. The van der Waals surface area contributed by atoms with Crippen molar-refractivity contribution in [3.05, 3.63) is 22.8 Å². The maximum Gasteiger partial charge on any atom is 0.257 e. The second kappa shape index (κ2) is 5.41. The van der Waals surface area contributed by atoms with E-state index in [4.69, 9.17) is 4.74 Å². The van der Waals surface area contributed by atoms with Gasteiger partial charge < -0.3 is 10.1 Å². The van der Waals surface area contributed by atoms with Crippen molar-refractivity contribution < 1.29 is 9.53 Å². The zero-order valence-electron chi connectivity index (χ0n) is 9.58. The number of methoxy groups -OCH3 is 1. The van der Waals surface area contributed by atoms with Crippen LogP contribution in [0, 0.1) is 0 Å². The molecule has 1 rings (SSSR count). The largest absolute Gasteiger partial charge is 0.369 e. The van der Waals surface area contributed by atoms with Gasteiger partial charge in [0.05, 0.1) is 0 Å². The second-order valence-electron chi connectivity index (χ2n) is 3.60. The topological polar surface area (TPSA) is 51.2 Å². The lowest BCUT2D eigenvalue weighted by Gasteiger charge is -2.24. The average Bonchev–Trinajstić information content (AvgIpc) is 2.28. The Morgan fingerprint density at radius 2 is 2.38 bits per heavy atom. The van der Waals surface area contributed by atoms with Crippen molar-refractivity contribution in [2.75, 3.05) is 12.4 Å². The van der Waals surface area contributed by atoms with Gasteiger partial charge in [-0.1, -0.05) is 22.9 Å². The molecule has 0 radical (unpaired) electrons. The van der Waals surface area contributed by atoms with Gasteiger partial charge in [0.25, 0.3) is 5.91 Å². The van der Waals surface area contributed by atoms with E-state index in [9.17, 15) is 4.79 Å². The maximum absolute atomic E-state index is 11.9. The van der Waals surface area contributed by atoms with Gasteiger partial charge in [-0.25, -0.2) is 4.98 Å². The average molecular weight is 287 g/mol. The summed E-state index contributed by atoms with van der Waals surface area (Å²) in [4.78, 5) is 16.0. The molecule has 16 heavy (non-hydrogen) atoms. The minimum Gasteiger partial charge on any atom is -0.369 e. The molecule has 0 saturated carbocycles. The molecule has 0 aliphatic carbocycles. The third-order valence-corrected chi connectivity index (χ3v) is 3.06. The number of hydrogen-bond donors (Lipinski definition) is 1. The molecule has 0 bridgehead atoms. The smallest absolute Gasteiger partial charge is 0.257 e. The third kappa shape index (κ3) is 3.02. The third-order valence-electron chi connectivity index (χ3n) is 2.57. The number of carbonyl (C=O) groups is 1. The van der Waals surface area contributed by atoms with Crippen molar-refractivity contribution in [2.45, 2.75) is 25.9 Å². The van der Waals surface area contributed by atoms with Gasteiger partial charge >= 0.3 is 0 Å². The van der Waals surface area contributed by atoms with Gasteiger partial charge in [-0.2, -0.15) is 0 Å². The number of hydrogen-bond acceptors (Lipinski definition) is 3. The van der Waals surface area contributed by atoms with E-state index in [1.54, 1.807) is 25.3 Å². The SMILES string of the molecule is CCC(C)(OC)C(=O)Nc1cc(Br)ccn1. The van der Waals surface area contributed by atoms with E-state index < -0.39 is 5.60 Å². The number of halogens is 1. The highest BCUT2D eigenvalue weighted by Crippen LogP contribution is 2.18. The fourth-order valence-electron chi connectivity index (χ4n) is 1.12. The summed E-state index contributed by atoms with van der Waals surface area (Å²) in [6.45, 7) is 3.65. The molecule has 88 valence electrons. The summed E-state index contributed by atoms with van der Waals surface area (Å²) in [6, 6.07) is 3.54. The molecule has 1 aromatic heterocycles. The molecular weight excluding hydrogens is 272 g/mol. The number of nitrogens with one attached hydrogen (secondary N) is 1. The lowest BCUT2D eigenvalue weighted by molar-refractivity contribution is -0.136. The maximum atomic E-state index is 11.9. The first-order chi connectivity index (χ1) is 7.51. The highest BCUT2D eigenvalue weighted by atomic mass is 79.9. The van der Waals surface area contributed by atoms with Gasteiger partial charge in [0.15, 0.2) is 0 Å². The van der Waals surface area contributed by atoms with E-state index in [1.165, 1.54) is 7.11 Å². The van der Waals surface area contributed by atoms with Gasteiger partial charge in [0.1, 0.15) is 11.4 Å². The van der Waals surface area contributed by atoms with E-state index in [1.807, 2.05) is 6.92 Å². The zero-order chi connectivity index (χ0) is 12.2. The molecule has 0 spiro atoms. The van der Waals surface area contributed by atoms with E-state index in [-0.39, 0.29) is 5.91 Å². The summed E-state index contributed by atoms with van der Waals surface area (Å²) in [5, 5.41) is 2.72. The van der Waals surface area contributed by atoms with Crippen molar-refractivity contribution in [1.82, 2.24) is 4.98 Å². The molecule has 1 amide bonds. The fraction of sp³-hybridized carbons (Fsp3) is 0.455. The minimum atomic E-state index is -0.815. The highest BCUT2D eigenvalue weighted by Gasteiger charge is 2.31. The predicted octanol–water partition coefficient (Wildman–Crippen LogP) is 2.60. The molecule has 1 N–H and O–H groups in total. The van der Waals surface area contributed by atoms with Crippen LogP contribution in [0.2, 0.25) is 0 Å². The van der Waals surface area contributed by atoms with Crippen LogP contribution in [0.1, 0.15) is 20.3 Å². The van der Waals surface area contributed by atoms with Crippen LogP contribution in [0.4, 0.5) is 5.82 Å². The molecule has 0 saturated heterocycles. The van der Waals surface area contributed by atoms with Crippen LogP contribution >= 0.6 is 15.9 Å². The quantitative estimate of drug-likeness (QED) is 0.926. The lowest BCUT2D eigenvalue weighted by Crippen LogP contribution is -2.41. The number of rotatable bonds is 4. The van der Waals surface area contributed by atoms with Crippen molar-refractivity contribution in [2.24, 2.45) is 0 Å². The van der Waals surface area contributed by atoms with Crippen molar-refractivity contribution in [3.8, 4) is 0 Å². The number of ether oxygens (including phenoxy) is 1. The first kappa shape index (κ1) is 13.1. The van der Waals surface area contributed by atoms with Crippen LogP contribution < -0.4 is 5.32 Å². The van der Waals surface area contributed by atoms with Gasteiger partial charge in [-0.3, -0.25) is 4.79 Å². The van der Waals surface area contributed by atoms with Gasteiger partial charge in [-0.05, 0) is 25.5 Å². The standard InChI is InChI=1S/C11H15BrN2O2/c1-4-11(2,16-3)10(15)14-9-7-8(12)5-6-13-9/h5-7H,4H2,1-3H3,(H,13,14,15). The summed E-state index contributed by atoms with van der Waals surface area (Å²) < 4.78 is 6.07. The Labute approximate surface area is 104 Å². The molecule has 0 fully saturated rings. The Hall–Kier alpha value is -0.940. The Kier molecular flexibility index (Phi) is 4.44. The van der Waals surface area contributed by atoms with Gasteiger partial charge in [0.2, 0.25) is 0 Å². The number of nitrogens with zero attached hydrogens (tertiary/aromatic N) is 1. The van der Waals surface area contributed by atoms with E-state index >= 15 is 0 Å². The van der Waals surface area contributed by atoms with E-state index in [0.717, 1.165) is 4.47 Å². The Morgan fingerprint density at radius 3 is 2.88 bits per heavy atom. The monoisotopic (exact) mass is 286 g/mol. The van der Waals surface area contributed by atoms with Crippen molar-refractivity contribution in [1.29, 1.82) is 0 Å². The lowest BCUT2D eigenvalue weighted by atomic mass is 10.0. The zero-order valence-corrected chi connectivity index (χ0v) is 11.2. The highest BCUT2D eigenvalue weighted by molar-refractivity contribution is 9.10. The number of amides is 1.